The number of halogens is 1. The number of nitrogens with zero attached hydrogens (tertiary/aromatic N) is 2. The summed E-state index contributed by atoms with van der Waals surface area (Å²) in [5, 5.41) is 0. The fourth-order valence-electron chi connectivity index (χ4n) is 3.48. The van der Waals surface area contributed by atoms with Gasteiger partial charge in [-0.3, -0.25) is 4.79 Å². The lowest BCUT2D eigenvalue weighted by molar-refractivity contribution is 0.0771. The van der Waals surface area contributed by atoms with Crippen molar-refractivity contribution in [3.8, 4) is 0 Å². The molecule has 0 saturated heterocycles. The topological polar surface area (TPSA) is 57.7 Å². The Morgan fingerprint density at radius 3 is 2.38 bits per heavy atom. The van der Waals surface area contributed by atoms with Crippen LogP contribution in [-0.2, 0) is 10.0 Å². The van der Waals surface area contributed by atoms with Crippen LogP contribution in [0.25, 0.3) is 5.57 Å². The van der Waals surface area contributed by atoms with Crippen molar-refractivity contribution < 1.29 is 13.2 Å². The highest BCUT2D eigenvalue weighted by Gasteiger charge is 2.26. The highest BCUT2D eigenvalue weighted by Crippen LogP contribution is 2.27. The van der Waals surface area contributed by atoms with Crippen molar-refractivity contribution >= 4 is 37.4 Å². The van der Waals surface area contributed by atoms with Gasteiger partial charge >= 0.3 is 0 Å². The lowest BCUT2D eigenvalue weighted by Crippen LogP contribution is -2.35. The van der Waals surface area contributed by atoms with E-state index in [-0.39, 0.29) is 10.8 Å². The van der Waals surface area contributed by atoms with Crippen LogP contribution in [0.4, 0.5) is 0 Å². The summed E-state index contributed by atoms with van der Waals surface area (Å²) in [6.07, 6.45) is 2.84. The van der Waals surface area contributed by atoms with Gasteiger partial charge in [-0.2, -0.15) is 4.31 Å². The molecule has 5 nitrogen and oxygen atoms in total. The van der Waals surface area contributed by atoms with E-state index in [9.17, 15) is 13.2 Å². The van der Waals surface area contributed by atoms with Crippen LogP contribution in [0.1, 0.15) is 36.2 Å². The molecule has 2 aromatic carbocycles. The third-order valence-electron chi connectivity index (χ3n) is 5.15. The van der Waals surface area contributed by atoms with Crippen molar-refractivity contribution in [2.24, 2.45) is 0 Å². The third-order valence-corrected chi connectivity index (χ3v) is 7.89. The Labute approximate surface area is 181 Å². The van der Waals surface area contributed by atoms with Crippen LogP contribution < -0.4 is 0 Å². The van der Waals surface area contributed by atoms with Gasteiger partial charge < -0.3 is 4.90 Å². The van der Waals surface area contributed by atoms with Gasteiger partial charge in [-0.05, 0) is 51.7 Å². The zero-order valence-corrected chi connectivity index (χ0v) is 19.0. The van der Waals surface area contributed by atoms with E-state index in [1.165, 1.54) is 27.6 Å². The molecule has 1 aliphatic heterocycles. The quantitative estimate of drug-likeness (QED) is 0.620. The van der Waals surface area contributed by atoms with Gasteiger partial charge in [0.15, 0.2) is 0 Å². The summed E-state index contributed by atoms with van der Waals surface area (Å²) < 4.78 is 27.7. The lowest BCUT2D eigenvalue weighted by Gasteiger charge is -2.27. The maximum absolute atomic E-state index is 13.1. The van der Waals surface area contributed by atoms with Crippen LogP contribution in [0.3, 0.4) is 0 Å². The molecule has 0 spiro atoms. The number of sulfonamides is 1. The van der Waals surface area contributed by atoms with E-state index < -0.39 is 10.0 Å². The Balaban J connectivity index is 1.84. The van der Waals surface area contributed by atoms with Crippen molar-refractivity contribution in [2.75, 3.05) is 26.2 Å². The normalized spacial score (nSPS) is 14.8. The summed E-state index contributed by atoms with van der Waals surface area (Å²) >= 11 is 3.41. The van der Waals surface area contributed by atoms with Crippen molar-refractivity contribution in [2.45, 2.75) is 25.2 Å². The standard InChI is InChI=1S/C22H25BrN2O3S/c1-3-25(4-2)29(27,28)19-10-11-21(23)20(16-19)22(26)24-14-12-18(13-15-24)17-8-6-5-7-9-17/h5-12,16H,3-4,13-15H2,1-2H3. The minimum atomic E-state index is -3.62. The zero-order valence-electron chi connectivity index (χ0n) is 16.6. The Hall–Kier alpha value is -1.96. The molecule has 2 aromatic rings. The van der Waals surface area contributed by atoms with Crippen molar-refractivity contribution in [3.63, 3.8) is 0 Å². The number of benzene rings is 2. The van der Waals surface area contributed by atoms with E-state index in [0.717, 1.165) is 6.42 Å². The molecule has 1 heterocycles. The molecule has 3 rings (SSSR count). The fourth-order valence-corrected chi connectivity index (χ4v) is 5.38. The van der Waals surface area contributed by atoms with E-state index in [4.69, 9.17) is 0 Å². The predicted octanol–water partition coefficient (Wildman–Crippen LogP) is 4.41. The Kier molecular flexibility index (Phi) is 6.93. The van der Waals surface area contributed by atoms with Crippen molar-refractivity contribution in [1.29, 1.82) is 0 Å². The number of hydrogen-bond acceptors (Lipinski definition) is 3. The van der Waals surface area contributed by atoms with Gasteiger partial charge in [0, 0.05) is 30.7 Å². The molecule has 0 saturated carbocycles. The Morgan fingerprint density at radius 1 is 1.10 bits per heavy atom. The average molecular weight is 477 g/mol. The molecule has 0 atom stereocenters. The number of carbonyl (C=O) groups excluding carboxylic acids is 1. The SMILES string of the molecule is CCN(CC)S(=O)(=O)c1ccc(Br)c(C(=O)N2CC=C(c3ccccc3)CC2)c1. The van der Waals surface area contributed by atoms with Gasteiger partial charge in [0.25, 0.3) is 5.91 Å². The molecule has 0 aliphatic carbocycles. The van der Waals surface area contributed by atoms with Crippen LogP contribution in [0.2, 0.25) is 0 Å². The van der Waals surface area contributed by atoms with Crippen LogP contribution in [0.5, 0.6) is 0 Å². The highest BCUT2D eigenvalue weighted by molar-refractivity contribution is 9.10. The first-order valence-electron chi connectivity index (χ1n) is 9.72. The maximum Gasteiger partial charge on any atom is 0.255 e. The van der Waals surface area contributed by atoms with Gasteiger partial charge in [0.05, 0.1) is 10.5 Å². The summed E-state index contributed by atoms with van der Waals surface area (Å²) in [5.74, 6) is -0.170. The predicted molar refractivity (Wildman–Crippen MR) is 119 cm³/mol. The highest BCUT2D eigenvalue weighted by atomic mass is 79.9. The molecule has 0 fully saturated rings. The number of amides is 1. The van der Waals surface area contributed by atoms with E-state index in [2.05, 4.69) is 34.1 Å². The molecular weight excluding hydrogens is 452 g/mol. The van der Waals surface area contributed by atoms with Gasteiger partial charge in [-0.25, -0.2) is 8.42 Å². The molecular formula is C22H25BrN2O3S. The Bertz CT molecular complexity index is 1020. The van der Waals surface area contributed by atoms with Gasteiger partial charge in [-0.1, -0.05) is 50.3 Å². The van der Waals surface area contributed by atoms with Gasteiger partial charge in [0.2, 0.25) is 10.0 Å². The lowest BCUT2D eigenvalue weighted by atomic mass is 9.99. The zero-order chi connectivity index (χ0) is 21.0. The van der Waals surface area contributed by atoms with Crippen LogP contribution in [-0.4, -0.2) is 49.7 Å². The molecule has 7 heteroatoms. The van der Waals surface area contributed by atoms with Gasteiger partial charge in [0.1, 0.15) is 0 Å². The van der Waals surface area contributed by atoms with E-state index >= 15 is 0 Å². The summed E-state index contributed by atoms with van der Waals surface area (Å²) in [6, 6.07) is 14.8. The first-order valence-corrected chi connectivity index (χ1v) is 11.9. The Morgan fingerprint density at radius 2 is 1.79 bits per heavy atom. The minimum absolute atomic E-state index is 0.144. The molecule has 1 amide bonds. The van der Waals surface area contributed by atoms with Gasteiger partial charge in [-0.15, -0.1) is 0 Å². The van der Waals surface area contributed by atoms with Crippen LogP contribution in [0.15, 0.2) is 64.0 Å². The first-order chi connectivity index (χ1) is 13.9. The van der Waals surface area contributed by atoms with Crippen molar-refractivity contribution in [3.05, 3.63) is 70.2 Å². The molecule has 0 bridgehead atoms. The number of rotatable bonds is 6. The largest absolute Gasteiger partial charge is 0.335 e. The summed E-state index contributed by atoms with van der Waals surface area (Å²) in [6.45, 7) is 5.48. The average Bonchev–Trinajstić information content (AvgIpc) is 2.75. The number of hydrogen-bond donors (Lipinski definition) is 0. The van der Waals surface area contributed by atoms with Crippen LogP contribution in [0, 0.1) is 0 Å². The van der Waals surface area contributed by atoms with E-state index in [0.29, 0.717) is 36.2 Å². The third kappa shape index (κ3) is 4.63. The summed E-state index contributed by atoms with van der Waals surface area (Å²) in [7, 11) is -3.62. The second-order valence-electron chi connectivity index (χ2n) is 6.83. The second-order valence-corrected chi connectivity index (χ2v) is 9.62. The molecule has 0 radical (unpaired) electrons. The molecule has 0 unspecified atom stereocenters. The van der Waals surface area contributed by atoms with E-state index in [1.54, 1.807) is 24.8 Å². The maximum atomic E-state index is 13.1. The number of carbonyl (C=O) groups is 1. The van der Waals surface area contributed by atoms with Crippen molar-refractivity contribution in [1.82, 2.24) is 9.21 Å². The molecule has 29 heavy (non-hydrogen) atoms. The minimum Gasteiger partial charge on any atom is -0.335 e. The first kappa shape index (κ1) is 21.7. The smallest absolute Gasteiger partial charge is 0.255 e. The fraction of sp³-hybridized carbons (Fsp3) is 0.318. The molecule has 154 valence electrons. The summed E-state index contributed by atoms with van der Waals surface area (Å²) in [5.41, 5.74) is 2.77. The molecule has 1 aliphatic rings. The van der Waals surface area contributed by atoms with E-state index in [1.807, 2.05) is 18.2 Å². The monoisotopic (exact) mass is 476 g/mol. The molecule has 0 aromatic heterocycles. The molecule has 0 N–H and O–H groups in total. The second kappa shape index (κ2) is 9.24. The summed E-state index contributed by atoms with van der Waals surface area (Å²) in [4.78, 5) is 15.0. The van der Waals surface area contributed by atoms with Crippen LogP contribution >= 0.6 is 15.9 Å².